The summed E-state index contributed by atoms with van der Waals surface area (Å²) >= 11 is 3.31. The van der Waals surface area contributed by atoms with Gasteiger partial charge in [-0.05, 0) is 41.5 Å². The average molecular weight is 338 g/mol. The molecule has 5 nitrogen and oxygen atoms in total. The van der Waals surface area contributed by atoms with Crippen LogP contribution < -0.4 is 0 Å². The van der Waals surface area contributed by atoms with E-state index in [0.29, 0.717) is 0 Å². The lowest BCUT2D eigenvalue weighted by molar-refractivity contribution is 0.00182. The van der Waals surface area contributed by atoms with Crippen LogP contribution in [-0.4, -0.2) is 39.7 Å². The van der Waals surface area contributed by atoms with E-state index in [-0.39, 0.29) is 11.4 Å². The van der Waals surface area contributed by atoms with Gasteiger partial charge in [0, 0.05) is 11.4 Å². The number of alkyl halides is 1. The lowest BCUT2D eigenvalue weighted by Gasteiger charge is -2.29. The maximum absolute atomic E-state index is 12.0. The van der Waals surface area contributed by atoms with Crippen LogP contribution in [0.2, 0.25) is 0 Å². The number of amides is 2. The van der Waals surface area contributed by atoms with Crippen molar-refractivity contribution in [2.24, 2.45) is 0 Å². The first kappa shape index (κ1) is 18.2. The smallest absolute Gasteiger partial charge is 0.419 e. The minimum Gasteiger partial charge on any atom is -0.443 e. The molecule has 0 aliphatic heterocycles. The molecule has 19 heavy (non-hydrogen) atoms. The molecule has 0 aliphatic carbocycles. The Morgan fingerprint density at radius 1 is 1.00 bits per heavy atom. The van der Waals surface area contributed by atoms with Crippen LogP contribution in [0.15, 0.2) is 0 Å². The Bertz CT molecular complexity index is 301. The number of halogens is 1. The highest BCUT2D eigenvalue weighted by molar-refractivity contribution is 9.09. The highest BCUT2D eigenvalue weighted by atomic mass is 79.9. The number of nitrogens with zero attached hydrogens (tertiary/aromatic N) is 1. The maximum Gasteiger partial charge on any atom is 0.419 e. The number of ether oxygens (including phenoxy) is 2. The average Bonchev–Trinajstić information content (AvgIpc) is 2.07. The second kappa shape index (κ2) is 6.59. The summed E-state index contributed by atoms with van der Waals surface area (Å²) in [4.78, 5) is 24.9. The van der Waals surface area contributed by atoms with Gasteiger partial charge in [-0.25, -0.2) is 14.5 Å². The van der Waals surface area contributed by atoms with E-state index < -0.39 is 23.4 Å². The fraction of sp³-hybridized carbons (Fsp3) is 0.846. The van der Waals surface area contributed by atoms with E-state index in [0.717, 1.165) is 4.90 Å². The fourth-order valence-corrected chi connectivity index (χ4v) is 1.40. The quantitative estimate of drug-likeness (QED) is 0.716. The molecule has 112 valence electrons. The van der Waals surface area contributed by atoms with E-state index in [2.05, 4.69) is 15.9 Å². The van der Waals surface area contributed by atoms with Crippen LogP contribution in [0.5, 0.6) is 0 Å². The van der Waals surface area contributed by atoms with Crippen molar-refractivity contribution in [1.29, 1.82) is 0 Å². The Kier molecular flexibility index (Phi) is 6.32. The van der Waals surface area contributed by atoms with Crippen LogP contribution in [0.4, 0.5) is 9.59 Å². The highest BCUT2D eigenvalue weighted by Gasteiger charge is 2.31. The third-order valence-corrected chi connectivity index (χ3v) is 1.95. The van der Waals surface area contributed by atoms with Crippen molar-refractivity contribution in [2.45, 2.75) is 64.5 Å². The maximum atomic E-state index is 12.0. The summed E-state index contributed by atoms with van der Waals surface area (Å²) in [5, 5.41) is 0. The van der Waals surface area contributed by atoms with Gasteiger partial charge in [0.25, 0.3) is 0 Å². The topological polar surface area (TPSA) is 55.8 Å². The Labute approximate surface area is 123 Å². The number of carbonyl (C=O) groups is 2. The monoisotopic (exact) mass is 337 g/mol. The van der Waals surface area contributed by atoms with E-state index in [1.165, 1.54) is 0 Å². The zero-order valence-electron chi connectivity index (χ0n) is 12.7. The van der Waals surface area contributed by atoms with Crippen molar-refractivity contribution < 1.29 is 19.1 Å². The van der Waals surface area contributed by atoms with Gasteiger partial charge in [-0.3, -0.25) is 0 Å². The third kappa shape index (κ3) is 8.86. The Balaban J connectivity index is 4.90. The van der Waals surface area contributed by atoms with Crippen molar-refractivity contribution in [2.75, 3.05) is 6.54 Å². The normalized spacial score (nSPS) is 13.7. The molecule has 0 aromatic rings. The molecule has 0 saturated heterocycles. The molecule has 0 heterocycles. The number of hydrogen-bond donors (Lipinski definition) is 0. The number of imide groups is 1. The van der Waals surface area contributed by atoms with Crippen LogP contribution in [0.1, 0.15) is 48.5 Å². The molecule has 0 bridgehead atoms. The minimum atomic E-state index is -0.701. The molecule has 0 radical (unpaired) electrons. The van der Waals surface area contributed by atoms with Gasteiger partial charge >= 0.3 is 12.2 Å². The molecule has 0 rings (SSSR count). The number of carbonyl (C=O) groups excluding carboxylic acids is 2. The summed E-state index contributed by atoms with van der Waals surface area (Å²) in [7, 11) is 0. The predicted molar refractivity (Wildman–Crippen MR) is 77.6 cm³/mol. The first-order valence-electron chi connectivity index (χ1n) is 6.19. The molecule has 2 amide bonds. The summed E-state index contributed by atoms with van der Waals surface area (Å²) in [5.74, 6) is 0. The molecular formula is C13H24BrNO4. The molecule has 0 fully saturated rings. The second-order valence-corrected chi connectivity index (χ2v) is 7.92. The summed E-state index contributed by atoms with van der Waals surface area (Å²) in [5.41, 5.74) is -1.32. The van der Waals surface area contributed by atoms with Crippen molar-refractivity contribution in [3.8, 4) is 0 Å². The molecule has 6 heteroatoms. The molecule has 0 aromatic heterocycles. The standard InChI is InChI=1S/C13H24BrNO4/c1-9(14)8-15(10(16)18-12(2,3)4)11(17)19-13(5,6)7/h9H,8H2,1-7H3. The molecule has 0 spiro atoms. The Morgan fingerprint density at radius 3 is 1.53 bits per heavy atom. The summed E-state index contributed by atoms with van der Waals surface area (Å²) in [6.07, 6.45) is -1.40. The molecule has 0 N–H and O–H groups in total. The van der Waals surface area contributed by atoms with Crippen LogP contribution >= 0.6 is 15.9 Å². The molecular weight excluding hydrogens is 314 g/mol. The zero-order valence-corrected chi connectivity index (χ0v) is 14.3. The van der Waals surface area contributed by atoms with E-state index in [1.807, 2.05) is 6.92 Å². The largest absolute Gasteiger partial charge is 0.443 e. The number of rotatable bonds is 2. The van der Waals surface area contributed by atoms with Crippen LogP contribution in [0.25, 0.3) is 0 Å². The second-order valence-electron chi connectivity index (χ2n) is 6.35. The van der Waals surface area contributed by atoms with E-state index in [9.17, 15) is 9.59 Å². The Morgan fingerprint density at radius 2 is 1.32 bits per heavy atom. The molecule has 1 unspecified atom stereocenters. The van der Waals surface area contributed by atoms with Gasteiger partial charge in [-0.2, -0.15) is 0 Å². The lowest BCUT2D eigenvalue weighted by atomic mass is 10.2. The van der Waals surface area contributed by atoms with Gasteiger partial charge < -0.3 is 9.47 Å². The summed E-state index contributed by atoms with van der Waals surface area (Å²) in [6.45, 7) is 12.5. The first-order chi connectivity index (χ1) is 8.32. The minimum absolute atomic E-state index is 0.0486. The van der Waals surface area contributed by atoms with E-state index in [4.69, 9.17) is 9.47 Å². The van der Waals surface area contributed by atoms with Crippen LogP contribution in [0.3, 0.4) is 0 Å². The lowest BCUT2D eigenvalue weighted by Crippen LogP contribution is -2.45. The number of hydrogen-bond acceptors (Lipinski definition) is 4. The first-order valence-corrected chi connectivity index (χ1v) is 7.11. The SMILES string of the molecule is CC(Br)CN(C(=O)OC(C)(C)C)C(=O)OC(C)(C)C. The fourth-order valence-electron chi connectivity index (χ4n) is 1.11. The van der Waals surface area contributed by atoms with Gasteiger partial charge in [0.2, 0.25) is 0 Å². The predicted octanol–water partition coefficient (Wildman–Crippen LogP) is 3.94. The molecule has 0 aliphatic rings. The third-order valence-electron chi connectivity index (χ3n) is 1.66. The van der Waals surface area contributed by atoms with Crippen LogP contribution in [-0.2, 0) is 9.47 Å². The van der Waals surface area contributed by atoms with Crippen molar-refractivity contribution in [3.63, 3.8) is 0 Å². The van der Waals surface area contributed by atoms with Crippen LogP contribution in [0, 0.1) is 0 Å². The molecule has 1 atom stereocenters. The van der Waals surface area contributed by atoms with Gasteiger partial charge in [-0.15, -0.1) is 0 Å². The van der Waals surface area contributed by atoms with Crippen molar-refractivity contribution in [3.05, 3.63) is 0 Å². The van der Waals surface area contributed by atoms with Crippen molar-refractivity contribution in [1.82, 2.24) is 4.90 Å². The van der Waals surface area contributed by atoms with Gasteiger partial charge in [0.1, 0.15) is 11.2 Å². The van der Waals surface area contributed by atoms with Gasteiger partial charge in [0.05, 0.1) is 0 Å². The molecule has 0 saturated carbocycles. The Hall–Kier alpha value is -0.780. The highest BCUT2D eigenvalue weighted by Crippen LogP contribution is 2.15. The molecule has 0 aromatic carbocycles. The zero-order chi connectivity index (χ0) is 15.4. The van der Waals surface area contributed by atoms with Crippen molar-refractivity contribution >= 4 is 28.1 Å². The van der Waals surface area contributed by atoms with Gasteiger partial charge in [-0.1, -0.05) is 22.9 Å². The van der Waals surface area contributed by atoms with Gasteiger partial charge in [0.15, 0.2) is 0 Å². The summed E-state index contributed by atoms with van der Waals surface area (Å²) < 4.78 is 10.4. The van der Waals surface area contributed by atoms with E-state index in [1.54, 1.807) is 41.5 Å². The summed E-state index contributed by atoms with van der Waals surface area (Å²) in [6, 6.07) is 0. The van der Waals surface area contributed by atoms with E-state index >= 15 is 0 Å².